The third-order valence-electron chi connectivity index (χ3n) is 4.95. The smallest absolute Gasteiger partial charge is 0.222 e. The van der Waals surface area contributed by atoms with Crippen molar-refractivity contribution in [3.05, 3.63) is 22.4 Å². The van der Waals surface area contributed by atoms with Gasteiger partial charge in [-0.2, -0.15) is 0 Å². The van der Waals surface area contributed by atoms with Crippen molar-refractivity contribution in [2.75, 3.05) is 19.6 Å². The molecule has 1 unspecified atom stereocenters. The highest BCUT2D eigenvalue weighted by molar-refractivity contribution is 7.09. The number of hydrogen-bond donors (Lipinski definition) is 1. The van der Waals surface area contributed by atoms with E-state index in [1.807, 2.05) is 0 Å². The normalized spacial score (nSPS) is 23.6. The molecule has 21 heavy (non-hydrogen) atoms. The molecule has 2 saturated heterocycles. The number of likely N-dealkylation sites (tertiary alicyclic amines) is 1. The second kappa shape index (κ2) is 7.41. The Morgan fingerprint density at radius 3 is 2.86 bits per heavy atom. The van der Waals surface area contributed by atoms with Gasteiger partial charge in [0.15, 0.2) is 0 Å². The van der Waals surface area contributed by atoms with Crippen LogP contribution in [0.1, 0.15) is 43.4 Å². The van der Waals surface area contributed by atoms with Gasteiger partial charge in [0.2, 0.25) is 5.91 Å². The molecule has 0 aliphatic carbocycles. The molecule has 0 aromatic carbocycles. The summed E-state index contributed by atoms with van der Waals surface area (Å²) >= 11 is 1.79. The molecule has 116 valence electrons. The highest BCUT2D eigenvalue weighted by Crippen LogP contribution is 2.26. The Balaban J connectivity index is 1.36. The van der Waals surface area contributed by atoms with Gasteiger partial charge in [-0.05, 0) is 62.4 Å². The molecule has 2 aliphatic heterocycles. The van der Waals surface area contributed by atoms with Crippen LogP contribution in [0.25, 0.3) is 0 Å². The average Bonchev–Trinajstić information content (AvgIpc) is 3.21. The van der Waals surface area contributed by atoms with E-state index in [1.54, 1.807) is 11.3 Å². The minimum Gasteiger partial charge on any atom is -0.343 e. The minimum absolute atomic E-state index is 0.365. The van der Waals surface area contributed by atoms with Gasteiger partial charge in [0.1, 0.15) is 0 Å². The lowest BCUT2D eigenvalue weighted by molar-refractivity contribution is -0.132. The Morgan fingerprint density at radius 2 is 2.19 bits per heavy atom. The van der Waals surface area contributed by atoms with Crippen molar-refractivity contribution in [3.8, 4) is 0 Å². The number of thiophene rings is 1. The van der Waals surface area contributed by atoms with Crippen LogP contribution in [-0.4, -0.2) is 36.5 Å². The second-order valence-corrected chi connectivity index (χ2v) is 7.39. The molecule has 0 saturated carbocycles. The van der Waals surface area contributed by atoms with Gasteiger partial charge in [-0.1, -0.05) is 6.07 Å². The molecule has 3 heterocycles. The Bertz CT molecular complexity index is 432. The first-order valence-electron chi connectivity index (χ1n) is 8.36. The van der Waals surface area contributed by atoms with Crippen LogP contribution < -0.4 is 5.32 Å². The van der Waals surface area contributed by atoms with E-state index in [1.165, 1.54) is 37.1 Å². The maximum atomic E-state index is 12.3. The third kappa shape index (κ3) is 4.07. The van der Waals surface area contributed by atoms with Crippen molar-refractivity contribution >= 4 is 17.2 Å². The van der Waals surface area contributed by atoms with Gasteiger partial charge in [-0.25, -0.2) is 0 Å². The van der Waals surface area contributed by atoms with Crippen molar-refractivity contribution in [2.45, 2.75) is 51.0 Å². The van der Waals surface area contributed by atoms with Gasteiger partial charge in [0.25, 0.3) is 0 Å². The molecule has 3 nitrogen and oxygen atoms in total. The topological polar surface area (TPSA) is 32.3 Å². The predicted octanol–water partition coefficient (Wildman–Crippen LogP) is 3.06. The van der Waals surface area contributed by atoms with Crippen molar-refractivity contribution in [1.82, 2.24) is 10.2 Å². The summed E-state index contributed by atoms with van der Waals surface area (Å²) in [5, 5.41) is 5.73. The van der Waals surface area contributed by atoms with E-state index in [4.69, 9.17) is 0 Å². The zero-order valence-corrected chi connectivity index (χ0v) is 13.5. The maximum absolute atomic E-state index is 12.3. The highest BCUT2D eigenvalue weighted by atomic mass is 32.1. The van der Waals surface area contributed by atoms with E-state index in [0.717, 1.165) is 37.9 Å². The average molecular weight is 306 g/mol. The lowest BCUT2D eigenvalue weighted by Gasteiger charge is -2.35. The van der Waals surface area contributed by atoms with E-state index in [-0.39, 0.29) is 0 Å². The Kier molecular flexibility index (Phi) is 5.31. The zero-order chi connectivity index (χ0) is 14.5. The quantitative estimate of drug-likeness (QED) is 0.907. The first-order valence-corrected chi connectivity index (χ1v) is 9.24. The summed E-state index contributed by atoms with van der Waals surface area (Å²) < 4.78 is 0. The molecule has 2 fully saturated rings. The highest BCUT2D eigenvalue weighted by Gasteiger charge is 2.29. The largest absolute Gasteiger partial charge is 0.343 e. The molecule has 1 aromatic heterocycles. The molecule has 1 amide bonds. The number of rotatable bonds is 5. The fourth-order valence-electron chi connectivity index (χ4n) is 3.69. The summed E-state index contributed by atoms with van der Waals surface area (Å²) in [5.74, 6) is 1.16. The predicted molar refractivity (Wildman–Crippen MR) is 87.6 cm³/mol. The van der Waals surface area contributed by atoms with Gasteiger partial charge >= 0.3 is 0 Å². The van der Waals surface area contributed by atoms with Gasteiger partial charge in [0, 0.05) is 30.4 Å². The lowest BCUT2D eigenvalue weighted by atomic mass is 9.88. The number of carbonyl (C=O) groups excluding carboxylic acids is 1. The molecule has 1 atom stereocenters. The molecule has 2 aliphatic rings. The number of piperidine rings is 1. The number of nitrogens with one attached hydrogen (secondary N) is 1. The van der Waals surface area contributed by atoms with Crippen molar-refractivity contribution in [3.63, 3.8) is 0 Å². The molecule has 0 spiro atoms. The molecule has 4 heteroatoms. The van der Waals surface area contributed by atoms with E-state index in [2.05, 4.69) is 27.7 Å². The molecular formula is C17H26N2OS. The van der Waals surface area contributed by atoms with Crippen LogP contribution in [0.3, 0.4) is 0 Å². The SMILES string of the molecule is O=C(CCCc1cccs1)N1CCC(C2CCCN2)CC1. The number of carbonyl (C=O) groups is 1. The molecular weight excluding hydrogens is 280 g/mol. The van der Waals surface area contributed by atoms with Crippen molar-refractivity contribution in [1.29, 1.82) is 0 Å². The van der Waals surface area contributed by atoms with E-state index in [0.29, 0.717) is 12.3 Å². The van der Waals surface area contributed by atoms with E-state index >= 15 is 0 Å². The fraction of sp³-hybridized carbons (Fsp3) is 0.706. The summed E-state index contributed by atoms with van der Waals surface area (Å²) in [6.07, 6.45) is 7.79. The van der Waals surface area contributed by atoms with Gasteiger partial charge < -0.3 is 10.2 Å². The fourth-order valence-corrected chi connectivity index (χ4v) is 4.44. The molecule has 3 rings (SSSR count). The van der Waals surface area contributed by atoms with Crippen molar-refractivity contribution in [2.24, 2.45) is 5.92 Å². The van der Waals surface area contributed by atoms with Gasteiger partial charge in [0.05, 0.1) is 0 Å². The van der Waals surface area contributed by atoms with Crippen LogP contribution in [0.2, 0.25) is 0 Å². The zero-order valence-electron chi connectivity index (χ0n) is 12.7. The van der Waals surface area contributed by atoms with Gasteiger partial charge in [-0.3, -0.25) is 4.79 Å². The van der Waals surface area contributed by atoms with Crippen LogP contribution in [-0.2, 0) is 11.2 Å². The van der Waals surface area contributed by atoms with Crippen LogP contribution >= 0.6 is 11.3 Å². The van der Waals surface area contributed by atoms with Crippen molar-refractivity contribution < 1.29 is 4.79 Å². The van der Waals surface area contributed by atoms with E-state index in [9.17, 15) is 4.79 Å². The number of amides is 1. The summed E-state index contributed by atoms with van der Waals surface area (Å²) in [4.78, 5) is 15.8. The summed E-state index contributed by atoms with van der Waals surface area (Å²) in [6, 6.07) is 4.97. The standard InChI is InChI=1S/C17H26N2OS/c20-17(7-1-4-15-5-3-13-21-15)19-11-8-14(9-12-19)16-6-2-10-18-16/h3,5,13-14,16,18H,1-2,4,6-12H2. The first-order chi connectivity index (χ1) is 10.3. The van der Waals surface area contributed by atoms with Gasteiger partial charge in [-0.15, -0.1) is 11.3 Å². The van der Waals surface area contributed by atoms with Crippen LogP contribution in [0.15, 0.2) is 17.5 Å². The third-order valence-corrected chi connectivity index (χ3v) is 5.89. The van der Waals surface area contributed by atoms with Crippen LogP contribution in [0.4, 0.5) is 0 Å². The number of hydrogen-bond acceptors (Lipinski definition) is 3. The number of aryl methyl sites for hydroxylation is 1. The molecule has 0 bridgehead atoms. The first kappa shape index (κ1) is 15.0. The van der Waals surface area contributed by atoms with Crippen LogP contribution in [0.5, 0.6) is 0 Å². The van der Waals surface area contributed by atoms with E-state index < -0.39 is 0 Å². The Hall–Kier alpha value is -0.870. The summed E-state index contributed by atoms with van der Waals surface area (Å²) in [6.45, 7) is 3.13. The monoisotopic (exact) mass is 306 g/mol. The summed E-state index contributed by atoms with van der Waals surface area (Å²) in [5.41, 5.74) is 0. The number of nitrogens with zero attached hydrogens (tertiary/aromatic N) is 1. The minimum atomic E-state index is 0.365. The maximum Gasteiger partial charge on any atom is 0.222 e. The molecule has 1 N–H and O–H groups in total. The van der Waals surface area contributed by atoms with Crippen LogP contribution in [0, 0.1) is 5.92 Å². The lowest BCUT2D eigenvalue weighted by Crippen LogP contribution is -2.43. The summed E-state index contributed by atoms with van der Waals surface area (Å²) in [7, 11) is 0. The Labute approximate surface area is 131 Å². The molecule has 0 radical (unpaired) electrons. The Morgan fingerprint density at radius 1 is 1.33 bits per heavy atom. The second-order valence-electron chi connectivity index (χ2n) is 6.35. The molecule has 1 aromatic rings.